The van der Waals surface area contributed by atoms with Crippen LogP contribution in [0, 0.1) is 5.82 Å². The van der Waals surface area contributed by atoms with Gasteiger partial charge in [0.15, 0.2) is 5.58 Å². The molecule has 3 aromatic rings. The van der Waals surface area contributed by atoms with Crippen LogP contribution in [0.5, 0.6) is 0 Å². The van der Waals surface area contributed by atoms with Crippen molar-refractivity contribution in [2.45, 2.75) is 6.18 Å². The van der Waals surface area contributed by atoms with Crippen LogP contribution in [0.1, 0.15) is 15.9 Å². The zero-order valence-electron chi connectivity index (χ0n) is 11.2. The van der Waals surface area contributed by atoms with Crippen molar-refractivity contribution in [2.75, 3.05) is 0 Å². The third kappa shape index (κ3) is 2.75. The van der Waals surface area contributed by atoms with E-state index < -0.39 is 29.1 Å². The predicted octanol–water partition coefficient (Wildman–Crippen LogP) is 4.35. The van der Waals surface area contributed by atoms with Gasteiger partial charge in [-0.25, -0.2) is 14.2 Å². The molecule has 0 amide bonds. The van der Waals surface area contributed by atoms with E-state index in [0.717, 1.165) is 0 Å². The van der Waals surface area contributed by atoms with E-state index in [0.29, 0.717) is 18.2 Å². The van der Waals surface area contributed by atoms with E-state index in [1.165, 1.54) is 18.2 Å². The summed E-state index contributed by atoms with van der Waals surface area (Å²) >= 11 is 0. The van der Waals surface area contributed by atoms with E-state index in [1.54, 1.807) is 0 Å². The maximum Gasteiger partial charge on any atom is 0.416 e. The number of aromatic nitrogens is 1. The molecule has 0 saturated heterocycles. The molecule has 0 unspecified atom stereocenters. The van der Waals surface area contributed by atoms with Gasteiger partial charge in [0.1, 0.15) is 11.3 Å². The van der Waals surface area contributed by atoms with Gasteiger partial charge in [0.05, 0.1) is 16.7 Å². The zero-order valence-corrected chi connectivity index (χ0v) is 11.2. The summed E-state index contributed by atoms with van der Waals surface area (Å²) in [5.74, 6) is -2.48. The lowest BCUT2D eigenvalue weighted by atomic mass is 10.1. The topological polar surface area (TPSA) is 63.3 Å². The van der Waals surface area contributed by atoms with Crippen LogP contribution in [-0.2, 0) is 6.18 Å². The number of benzene rings is 2. The minimum Gasteiger partial charge on any atom is -0.478 e. The second-order valence-corrected chi connectivity index (χ2v) is 4.70. The highest BCUT2D eigenvalue weighted by molar-refractivity contribution is 5.92. The molecule has 1 heterocycles. The van der Waals surface area contributed by atoms with Crippen LogP contribution in [0.3, 0.4) is 0 Å². The van der Waals surface area contributed by atoms with Gasteiger partial charge in [-0.15, -0.1) is 0 Å². The molecule has 1 aromatic heterocycles. The standard InChI is InChI=1S/C15H7F4NO3/c16-10-3-2-8(15(17,18)19)6-9(10)13-20-11-4-1-7(14(21)22)5-12(11)23-13/h1-6H,(H,21,22). The van der Waals surface area contributed by atoms with E-state index in [9.17, 15) is 22.4 Å². The first kappa shape index (κ1) is 15.0. The van der Waals surface area contributed by atoms with E-state index in [2.05, 4.69) is 4.98 Å². The number of rotatable bonds is 2. The molecule has 0 aliphatic rings. The minimum atomic E-state index is -4.63. The Morgan fingerprint density at radius 1 is 1.13 bits per heavy atom. The van der Waals surface area contributed by atoms with E-state index >= 15 is 0 Å². The average molecular weight is 325 g/mol. The van der Waals surface area contributed by atoms with E-state index in [4.69, 9.17) is 9.52 Å². The van der Waals surface area contributed by atoms with Crippen molar-refractivity contribution in [3.05, 3.63) is 53.3 Å². The van der Waals surface area contributed by atoms with Gasteiger partial charge in [-0.2, -0.15) is 13.2 Å². The van der Waals surface area contributed by atoms with Crippen LogP contribution in [-0.4, -0.2) is 16.1 Å². The molecule has 0 aliphatic carbocycles. The van der Waals surface area contributed by atoms with Crippen molar-refractivity contribution in [2.24, 2.45) is 0 Å². The van der Waals surface area contributed by atoms with Gasteiger partial charge in [-0.3, -0.25) is 0 Å². The Hall–Kier alpha value is -2.90. The summed E-state index contributed by atoms with van der Waals surface area (Å²) in [6.07, 6.45) is -4.63. The number of oxazole rings is 1. The molecule has 0 spiro atoms. The Labute approximate surface area is 126 Å². The predicted molar refractivity (Wildman–Crippen MR) is 71.4 cm³/mol. The van der Waals surface area contributed by atoms with Crippen molar-refractivity contribution in [1.29, 1.82) is 0 Å². The van der Waals surface area contributed by atoms with Crippen molar-refractivity contribution in [3.63, 3.8) is 0 Å². The monoisotopic (exact) mass is 325 g/mol. The fourth-order valence-electron chi connectivity index (χ4n) is 2.04. The van der Waals surface area contributed by atoms with Gasteiger partial charge in [0, 0.05) is 0 Å². The third-order valence-corrected chi connectivity index (χ3v) is 3.16. The van der Waals surface area contributed by atoms with Gasteiger partial charge in [0.25, 0.3) is 0 Å². The Morgan fingerprint density at radius 3 is 2.52 bits per heavy atom. The number of fused-ring (bicyclic) bond motifs is 1. The maximum absolute atomic E-state index is 13.8. The van der Waals surface area contributed by atoms with Crippen LogP contribution in [0.15, 0.2) is 40.8 Å². The first-order valence-electron chi connectivity index (χ1n) is 6.27. The molecule has 2 aromatic carbocycles. The van der Waals surface area contributed by atoms with Crippen LogP contribution >= 0.6 is 0 Å². The highest BCUT2D eigenvalue weighted by Gasteiger charge is 2.31. The average Bonchev–Trinajstić information content (AvgIpc) is 2.88. The lowest BCUT2D eigenvalue weighted by Crippen LogP contribution is -2.05. The van der Waals surface area contributed by atoms with Crippen LogP contribution < -0.4 is 0 Å². The number of carboxylic acids is 1. The highest BCUT2D eigenvalue weighted by Crippen LogP contribution is 2.34. The highest BCUT2D eigenvalue weighted by atomic mass is 19.4. The van der Waals surface area contributed by atoms with Crippen molar-refractivity contribution in [3.8, 4) is 11.5 Å². The molecule has 23 heavy (non-hydrogen) atoms. The minimum absolute atomic E-state index is 0.0386. The summed E-state index contributed by atoms with van der Waals surface area (Å²) in [5.41, 5.74) is -1.32. The Kier molecular flexibility index (Phi) is 3.32. The van der Waals surface area contributed by atoms with Gasteiger partial charge >= 0.3 is 12.1 Å². The molecule has 0 atom stereocenters. The zero-order chi connectivity index (χ0) is 16.8. The number of hydrogen-bond donors (Lipinski definition) is 1. The lowest BCUT2D eigenvalue weighted by Gasteiger charge is -2.07. The first-order valence-corrected chi connectivity index (χ1v) is 6.27. The quantitative estimate of drug-likeness (QED) is 0.712. The fourth-order valence-corrected chi connectivity index (χ4v) is 2.04. The van der Waals surface area contributed by atoms with Crippen LogP contribution in [0.4, 0.5) is 17.6 Å². The number of carbonyl (C=O) groups is 1. The Balaban J connectivity index is 2.15. The number of alkyl halides is 3. The molecule has 0 saturated carbocycles. The second-order valence-electron chi connectivity index (χ2n) is 4.70. The Morgan fingerprint density at radius 2 is 1.87 bits per heavy atom. The molecule has 8 heteroatoms. The molecule has 1 N–H and O–H groups in total. The maximum atomic E-state index is 13.8. The van der Waals surface area contributed by atoms with Crippen LogP contribution in [0.2, 0.25) is 0 Å². The lowest BCUT2D eigenvalue weighted by molar-refractivity contribution is -0.137. The number of hydrogen-bond acceptors (Lipinski definition) is 3. The second kappa shape index (κ2) is 5.08. The number of halogens is 4. The fraction of sp³-hybridized carbons (Fsp3) is 0.0667. The van der Waals surface area contributed by atoms with Gasteiger partial charge in [-0.05, 0) is 36.4 Å². The van der Waals surface area contributed by atoms with Gasteiger partial charge in [-0.1, -0.05) is 0 Å². The normalized spacial score (nSPS) is 11.8. The summed E-state index contributed by atoms with van der Waals surface area (Å²) in [5, 5.41) is 8.89. The summed E-state index contributed by atoms with van der Waals surface area (Å²) in [6, 6.07) is 5.65. The number of nitrogens with zero attached hydrogens (tertiary/aromatic N) is 1. The van der Waals surface area contributed by atoms with Crippen molar-refractivity contribution >= 4 is 17.1 Å². The first-order chi connectivity index (χ1) is 10.8. The summed E-state index contributed by atoms with van der Waals surface area (Å²) in [4.78, 5) is 14.8. The molecular formula is C15H7F4NO3. The molecule has 4 nitrogen and oxygen atoms in total. The molecule has 0 radical (unpaired) electrons. The summed E-state index contributed by atoms with van der Waals surface area (Å²) in [6.45, 7) is 0. The molecule has 118 valence electrons. The molecule has 0 fully saturated rings. The summed E-state index contributed by atoms with van der Waals surface area (Å²) < 4.78 is 57.2. The molecule has 0 aliphatic heterocycles. The third-order valence-electron chi connectivity index (χ3n) is 3.16. The van der Waals surface area contributed by atoms with Gasteiger partial charge < -0.3 is 9.52 Å². The number of aromatic carboxylic acids is 1. The number of carboxylic acid groups (broad SMARTS) is 1. The van der Waals surface area contributed by atoms with Crippen molar-refractivity contribution in [1.82, 2.24) is 4.98 Å². The van der Waals surface area contributed by atoms with E-state index in [1.807, 2.05) is 0 Å². The Bertz CT molecular complexity index is 915. The largest absolute Gasteiger partial charge is 0.478 e. The summed E-state index contributed by atoms with van der Waals surface area (Å²) in [7, 11) is 0. The van der Waals surface area contributed by atoms with Gasteiger partial charge in [0.2, 0.25) is 5.89 Å². The SMILES string of the molecule is O=C(O)c1ccc2nc(-c3cc(C(F)(F)F)ccc3F)oc2c1. The molecule has 0 bridgehead atoms. The van der Waals surface area contributed by atoms with Crippen LogP contribution in [0.25, 0.3) is 22.6 Å². The smallest absolute Gasteiger partial charge is 0.416 e. The molecule has 3 rings (SSSR count). The van der Waals surface area contributed by atoms with E-state index in [-0.39, 0.29) is 22.6 Å². The molecular weight excluding hydrogens is 318 g/mol. The van der Waals surface area contributed by atoms with Crippen molar-refractivity contribution < 1.29 is 31.9 Å².